The number of nitrogens with zero attached hydrogens (tertiary/aromatic N) is 2. The lowest BCUT2D eigenvalue weighted by atomic mass is 10.2. The Labute approximate surface area is 93.9 Å². The second-order valence-corrected chi connectivity index (χ2v) is 3.81. The van der Waals surface area contributed by atoms with E-state index in [4.69, 9.17) is 0 Å². The van der Waals surface area contributed by atoms with Crippen molar-refractivity contribution < 1.29 is 4.39 Å². The van der Waals surface area contributed by atoms with Crippen molar-refractivity contribution in [3.05, 3.63) is 47.8 Å². The van der Waals surface area contributed by atoms with E-state index in [1.807, 2.05) is 17.7 Å². The van der Waals surface area contributed by atoms with Crippen molar-refractivity contribution in [2.24, 2.45) is 7.05 Å². The molecule has 2 rings (SSSR count). The van der Waals surface area contributed by atoms with Gasteiger partial charge >= 0.3 is 0 Å². The second kappa shape index (κ2) is 4.35. The molecular weight excluding hydrogens is 205 g/mol. The van der Waals surface area contributed by atoms with Gasteiger partial charge in [0.1, 0.15) is 5.82 Å². The van der Waals surface area contributed by atoms with Gasteiger partial charge in [0.25, 0.3) is 0 Å². The maximum absolute atomic E-state index is 13.3. The molecule has 1 aromatic carbocycles. The van der Waals surface area contributed by atoms with Crippen LogP contribution in [0.4, 0.5) is 10.1 Å². The van der Waals surface area contributed by atoms with Crippen molar-refractivity contribution in [3.8, 4) is 0 Å². The standard InChI is InChI=1S/C12H14FN3/c1-9-3-4-10(5-12(9)13)15-7-11-6-14-8-16(11)2/h3-6,8,15H,7H2,1-2H3. The summed E-state index contributed by atoms with van der Waals surface area (Å²) in [4.78, 5) is 4.01. The van der Waals surface area contributed by atoms with Gasteiger partial charge in [-0.25, -0.2) is 9.37 Å². The van der Waals surface area contributed by atoms with Crippen LogP contribution in [0.1, 0.15) is 11.3 Å². The van der Waals surface area contributed by atoms with Gasteiger partial charge in [0, 0.05) is 18.9 Å². The lowest BCUT2D eigenvalue weighted by Gasteiger charge is -2.07. The molecule has 0 spiro atoms. The highest BCUT2D eigenvalue weighted by Gasteiger charge is 2.01. The third kappa shape index (κ3) is 2.21. The van der Waals surface area contributed by atoms with Crippen molar-refractivity contribution in [2.75, 3.05) is 5.32 Å². The van der Waals surface area contributed by atoms with Crippen LogP contribution in [-0.4, -0.2) is 9.55 Å². The number of nitrogens with one attached hydrogen (secondary N) is 1. The molecule has 1 aromatic heterocycles. The van der Waals surface area contributed by atoms with E-state index in [9.17, 15) is 4.39 Å². The Balaban J connectivity index is 2.05. The predicted molar refractivity (Wildman–Crippen MR) is 61.7 cm³/mol. The maximum atomic E-state index is 13.3. The van der Waals surface area contributed by atoms with Crippen molar-refractivity contribution in [2.45, 2.75) is 13.5 Å². The second-order valence-electron chi connectivity index (χ2n) is 3.81. The number of hydrogen-bond acceptors (Lipinski definition) is 2. The van der Waals surface area contributed by atoms with E-state index in [-0.39, 0.29) is 5.82 Å². The quantitative estimate of drug-likeness (QED) is 0.859. The van der Waals surface area contributed by atoms with Gasteiger partial charge < -0.3 is 9.88 Å². The van der Waals surface area contributed by atoms with E-state index in [0.29, 0.717) is 12.1 Å². The summed E-state index contributed by atoms with van der Waals surface area (Å²) in [6.45, 7) is 2.39. The van der Waals surface area contributed by atoms with E-state index in [2.05, 4.69) is 10.3 Å². The smallest absolute Gasteiger partial charge is 0.128 e. The molecule has 16 heavy (non-hydrogen) atoms. The minimum absolute atomic E-state index is 0.185. The first-order chi connectivity index (χ1) is 7.66. The first kappa shape index (κ1) is 10.7. The van der Waals surface area contributed by atoms with E-state index in [1.54, 1.807) is 25.5 Å². The molecule has 0 unspecified atom stereocenters. The fourth-order valence-electron chi connectivity index (χ4n) is 1.45. The summed E-state index contributed by atoms with van der Waals surface area (Å²) in [6.07, 6.45) is 3.53. The number of anilines is 1. The van der Waals surface area contributed by atoms with Crippen LogP contribution in [0.3, 0.4) is 0 Å². The molecule has 0 saturated carbocycles. The van der Waals surface area contributed by atoms with Gasteiger partial charge in [-0.15, -0.1) is 0 Å². The van der Waals surface area contributed by atoms with Crippen molar-refractivity contribution in [1.29, 1.82) is 0 Å². The minimum atomic E-state index is -0.185. The number of rotatable bonds is 3. The SMILES string of the molecule is Cc1ccc(NCc2cncn2C)cc1F. The third-order valence-electron chi connectivity index (χ3n) is 2.56. The van der Waals surface area contributed by atoms with Crippen LogP contribution >= 0.6 is 0 Å². The molecule has 1 N–H and O–H groups in total. The zero-order valence-corrected chi connectivity index (χ0v) is 9.37. The summed E-state index contributed by atoms with van der Waals surface area (Å²) in [5, 5.41) is 3.16. The molecule has 2 aromatic rings. The van der Waals surface area contributed by atoms with Crippen molar-refractivity contribution in [1.82, 2.24) is 9.55 Å². The van der Waals surface area contributed by atoms with Crippen molar-refractivity contribution in [3.63, 3.8) is 0 Å². The number of imidazole rings is 1. The Bertz CT molecular complexity index is 491. The number of benzene rings is 1. The Kier molecular flexibility index (Phi) is 2.90. The number of aromatic nitrogens is 2. The highest BCUT2D eigenvalue weighted by atomic mass is 19.1. The highest BCUT2D eigenvalue weighted by molar-refractivity contribution is 5.45. The molecule has 4 heteroatoms. The monoisotopic (exact) mass is 219 g/mol. The zero-order chi connectivity index (χ0) is 11.5. The maximum Gasteiger partial charge on any atom is 0.128 e. The summed E-state index contributed by atoms with van der Waals surface area (Å²) in [6, 6.07) is 5.14. The molecule has 0 atom stereocenters. The molecule has 3 nitrogen and oxygen atoms in total. The first-order valence-electron chi connectivity index (χ1n) is 5.12. The minimum Gasteiger partial charge on any atom is -0.379 e. The predicted octanol–water partition coefficient (Wildman–Crippen LogP) is 2.48. The number of hydrogen-bond donors (Lipinski definition) is 1. The van der Waals surface area contributed by atoms with Gasteiger partial charge in [-0.2, -0.15) is 0 Å². The summed E-state index contributed by atoms with van der Waals surface area (Å²) in [5.74, 6) is -0.185. The fourth-order valence-corrected chi connectivity index (χ4v) is 1.45. The summed E-state index contributed by atoms with van der Waals surface area (Å²) < 4.78 is 15.2. The van der Waals surface area contributed by atoms with Crippen LogP contribution in [0.25, 0.3) is 0 Å². The largest absolute Gasteiger partial charge is 0.379 e. The van der Waals surface area contributed by atoms with Crippen LogP contribution < -0.4 is 5.32 Å². The zero-order valence-electron chi connectivity index (χ0n) is 9.37. The molecule has 0 aliphatic heterocycles. The van der Waals surface area contributed by atoms with Crippen molar-refractivity contribution >= 4 is 5.69 Å². The van der Waals surface area contributed by atoms with Crippen LogP contribution in [0.2, 0.25) is 0 Å². The number of aryl methyl sites for hydroxylation is 2. The molecule has 0 bridgehead atoms. The van der Waals surface area contributed by atoms with E-state index < -0.39 is 0 Å². The normalized spacial score (nSPS) is 10.4. The average Bonchev–Trinajstić information content (AvgIpc) is 2.66. The molecule has 0 aliphatic rings. The van der Waals surface area contributed by atoms with Crippen LogP contribution in [0, 0.1) is 12.7 Å². The Hall–Kier alpha value is -1.84. The lowest BCUT2D eigenvalue weighted by Crippen LogP contribution is -2.04. The molecule has 0 radical (unpaired) electrons. The van der Waals surface area contributed by atoms with E-state index in [1.165, 1.54) is 6.07 Å². The highest BCUT2D eigenvalue weighted by Crippen LogP contribution is 2.14. The average molecular weight is 219 g/mol. The van der Waals surface area contributed by atoms with Crippen LogP contribution in [0.5, 0.6) is 0 Å². The molecule has 0 amide bonds. The number of halogens is 1. The van der Waals surface area contributed by atoms with Gasteiger partial charge in [-0.1, -0.05) is 6.07 Å². The van der Waals surface area contributed by atoms with Crippen LogP contribution in [-0.2, 0) is 13.6 Å². The Morgan fingerprint density at radius 1 is 1.44 bits per heavy atom. The van der Waals surface area contributed by atoms with Gasteiger partial charge in [0.15, 0.2) is 0 Å². The molecule has 0 fully saturated rings. The molecule has 84 valence electrons. The molecule has 0 saturated heterocycles. The summed E-state index contributed by atoms with van der Waals surface area (Å²) in [5.41, 5.74) is 2.50. The van der Waals surface area contributed by atoms with E-state index in [0.717, 1.165) is 11.4 Å². The molecular formula is C12H14FN3. The summed E-state index contributed by atoms with van der Waals surface area (Å²) >= 11 is 0. The third-order valence-corrected chi connectivity index (χ3v) is 2.56. The van der Waals surface area contributed by atoms with E-state index >= 15 is 0 Å². The first-order valence-corrected chi connectivity index (χ1v) is 5.12. The van der Waals surface area contributed by atoms with Gasteiger partial charge in [-0.3, -0.25) is 0 Å². The summed E-state index contributed by atoms with van der Waals surface area (Å²) in [7, 11) is 1.93. The molecule has 1 heterocycles. The molecule has 0 aliphatic carbocycles. The van der Waals surface area contributed by atoms with Gasteiger partial charge in [-0.05, 0) is 24.6 Å². The van der Waals surface area contributed by atoms with Crippen LogP contribution in [0.15, 0.2) is 30.7 Å². The Morgan fingerprint density at radius 2 is 2.25 bits per heavy atom. The lowest BCUT2D eigenvalue weighted by molar-refractivity contribution is 0.619. The fraction of sp³-hybridized carbons (Fsp3) is 0.250. The Morgan fingerprint density at radius 3 is 2.88 bits per heavy atom. The van der Waals surface area contributed by atoms with Gasteiger partial charge in [0.2, 0.25) is 0 Å². The topological polar surface area (TPSA) is 29.9 Å². The van der Waals surface area contributed by atoms with Gasteiger partial charge in [0.05, 0.1) is 18.6 Å².